The molecule has 0 aliphatic heterocycles. The fourth-order valence-corrected chi connectivity index (χ4v) is 1.99. The first-order valence-corrected chi connectivity index (χ1v) is 6.23. The van der Waals surface area contributed by atoms with Gasteiger partial charge in [-0.15, -0.1) is 5.10 Å². The predicted molar refractivity (Wildman–Crippen MR) is 73.2 cm³/mol. The second-order valence-electron chi connectivity index (χ2n) is 4.57. The van der Waals surface area contributed by atoms with Gasteiger partial charge in [-0.05, 0) is 43.7 Å². The summed E-state index contributed by atoms with van der Waals surface area (Å²) in [5.74, 6) is 1.53. The monoisotopic (exact) mass is 253 g/mol. The molecule has 0 atom stereocenters. The number of pyridine rings is 1. The number of nitrogens with zero attached hydrogens (tertiary/aromatic N) is 3. The average Bonchev–Trinajstić information content (AvgIpc) is 2.81. The molecule has 2 heterocycles. The van der Waals surface area contributed by atoms with Crippen LogP contribution in [0, 0.1) is 13.8 Å². The van der Waals surface area contributed by atoms with E-state index in [1.807, 2.05) is 60.8 Å². The molecule has 0 saturated heterocycles. The Labute approximate surface area is 111 Å². The molecule has 0 unspecified atom stereocenters. The fraction of sp³-hybridized carbons (Fsp3) is 0.200. The minimum Gasteiger partial charge on any atom is -0.486 e. The van der Waals surface area contributed by atoms with Crippen molar-refractivity contribution in [2.24, 2.45) is 0 Å². The van der Waals surface area contributed by atoms with Gasteiger partial charge in [0, 0.05) is 5.69 Å². The van der Waals surface area contributed by atoms with Gasteiger partial charge in [-0.2, -0.15) is 0 Å². The quantitative estimate of drug-likeness (QED) is 0.720. The van der Waals surface area contributed by atoms with Crippen molar-refractivity contribution >= 4 is 5.65 Å². The van der Waals surface area contributed by atoms with E-state index < -0.39 is 0 Å². The van der Waals surface area contributed by atoms with Crippen molar-refractivity contribution in [3.63, 3.8) is 0 Å². The molecule has 1 aromatic carbocycles. The van der Waals surface area contributed by atoms with Crippen molar-refractivity contribution in [3.8, 4) is 5.75 Å². The van der Waals surface area contributed by atoms with Crippen molar-refractivity contribution in [3.05, 3.63) is 59.5 Å². The van der Waals surface area contributed by atoms with Crippen molar-refractivity contribution < 1.29 is 4.74 Å². The highest BCUT2D eigenvalue weighted by molar-refractivity contribution is 5.38. The number of hydrogen-bond acceptors (Lipinski definition) is 3. The van der Waals surface area contributed by atoms with Crippen LogP contribution >= 0.6 is 0 Å². The maximum Gasteiger partial charge on any atom is 0.189 e. The Kier molecular flexibility index (Phi) is 2.91. The molecule has 19 heavy (non-hydrogen) atoms. The van der Waals surface area contributed by atoms with Crippen LogP contribution in [0.15, 0.2) is 42.5 Å². The molecular formula is C15H15N3O. The highest BCUT2D eigenvalue weighted by Gasteiger charge is 2.05. The summed E-state index contributed by atoms with van der Waals surface area (Å²) in [4.78, 5) is 4.44. The number of aryl methyl sites for hydroxylation is 2. The van der Waals surface area contributed by atoms with Crippen molar-refractivity contribution in [1.29, 1.82) is 0 Å². The number of fused-ring (bicyclic) bond motifs is 1. The summed E-state index contributed by atoms with van der Waals surface area (Å²) in [7, 11) is 0. The molecule has 3 aromatic rings. The summed E-state index contributed by atoms with van der Waals surface area (Å²) in [5, 5.41) is 4.43. The van der Waals surface area contributed by atoms with E-state index in [9.17, 15) is 0 Å². The van der Waals surface area contributed by atoms with Gasteiger partial charge in [0.25, 0.3) is 0 Å². The van der Waals surface area contributed by atoms with Crippen molar-refractivity contribution in [2.75, 3.05) is 0 Å². The van der Waals surface area contributed by atoms with Crippen LogP contribution in [-0.4, -0.2) is 14.6 Å². The highest BCUT2D eigenvalue weighted by Crippen LogP contribution is 2.14. The molecule has 4 nitrogen and oxygen atoms in total. The van der Waals surface area contributed by atoms with Gasteiger partial charge < -0.3 is 4.74 Å². The highest BCUT2D eigenvalue weighted by atomic mass is 16.5. The van der Waals surface area contributed by atoms with E-state index in [1.54, 1.807) is 0 Å². The first kappa shape index (κ1) is 11.7. The topological polar surface area (TPSA) is 39.4 Å². The Morgan fingerprint density at radius 2 is 1.95 bits per heavy atom. The van der Waals surface area contributed by atoms with E-state index in [-0.39, 0.29) is 0 Å². The third-order valence-corrected chi connectivity index (χ3v) is 2.95. The third kappa shape index (κ3) is 2.42. The Bertz CT molecular complexity index is 718. The zero-order valence-electron chi connectivity index (χ0n) is 11.0. The second-order valence-corrected chi connectivity index (χ2v) is 4.57. The summed E-state index contributed by atoms with van der Waals surface area (Å²) in [6, 6.07) is 13.9. The molecule has 4 heteroatoms. The lowest BCUT2D eigenvalue weighted by Crippen LogP contribution is -1.99. The third-order valence-electron chi connectivity index (χ3n) is 2.95. The van der Waals surface area contributed by atoms with Crippen LogP contribution in [0.1, 0.15) is 17.1 Å². The Balaban J connectivity index is 1.80. The molecule has 0 spiro atoms. The van der Waals surface area contributed by atoms with Gasteiger partial charge in [-0.3, -0.25) is 0 Å². The standard InChI is InChI=1S/C15H15N3O/c1-11-5-3-7-13(9-11)19-10-14-16-15-8-4-6-12(2)18(15)17-14/h3-9H,10H2,1-2H3. The van der Waals surface area contributed by atoms with Crippen LogP contribution < -0.4 is 4.74 Å². The number of aromatic nitrogens is 3. The first-order chi connectivity index (χ1) is 9.22. The molecule has 3 rings (SSSR count). The second kappa shape index (κ2) is 4.72. The van der Waals surface area contributed by atoms with Crippen LogP contribution in [0.25, 0.3) is 5.65 Å². The molecule has 0 N–H and O–H groups in total. The Morgan fingerprint density at radius 3 is 2.74 bits per heavy atom. The number of benzene rings is 1. The summed E-state index contributed by atoms with van der Waals surface area (Å²) in [6.45, 7) is 4.43. The summed E-state index contributed by atoms with van der Waals surface area (Å²) in [5.41, 5.74) is 3.09. The molecule has 2 aromatic heterocycles. The maximum atomic E-state index is 5.70. The largest absolute Gasteiger partial charge is 0.486 e. The van der Waals surface area contributed by atoms with Crippen LogP contribution in [0.4, 0.5) is 0 Å². The molecule has 0 amide bonds. The van der Waals surface area contributed by atoms with Gasteiger partial charge in [-0.1, -0.05) is 18.2 Å². The smallest absolute Gasteiger partial charge is 0.189 e. The van der Waals surface area contributed by atoms with Crippen molar-refractivity contribution in [1.82, 2.24) is 14.6 Å². The number of ether oxygens (including phenoxy) is 1. The van der Waals surface area contributed by atoms with Gasteiger partial charge >= 0.3 is 0 Å². The molecule has 0 aliphatic rings. The lowest BCUT2D eigenvalue weighted by atomic mass is 10.2. The van der Waals surface area contributed by atoms with Crippen LogP contribution in [0.2, 0.25) is 0 Å². The first-order valence-electron chi connectivity index (χ1n) is 6.23. The van der Waals surface area contributed by atoms with E-state index in [0.717, 1.165) is 17.1 Å². The van der Waals surface area contributed by atoms with E-state index in [0.29, 0.717) is 12.4 Å². The molecule has 0 saturated carbocycles. The Morgan fingerprint density at radius 1 is 1.11 bits per heavy atom. The van der Waals surface area contributed by atoms with Crippen molar-refractivity contribution in [2.45, 2.75) is 20.5 Å². The summed E-state index contributed by atoms with van der Waals surface area (Å²) in [6.07, 6.45) is 0. The molecule has 0 bridgehead atoms. The van der Waals surface area contributed by atoms with Crippen LogP contribution in [0.5, 0.6) is 5.75 Å². The van der Waals surface area contributed by atoms with Gasteiger partial charge in [0.1, 0.15) is 12.4 Å². The van der Waals surface area contributed by atoms with Crippen LogP contribution in [0.3, 0.4) is 0 Å². The molecular weight excluding hydrogens is 238 g/mol. The van der Waals surface area contributed by atoms with E-state index in [2.05, 4.69) is 10.1 Å². The zero-order chi connectivity index (χ0) is 13.2. The lowest BCUT2D eigenvalue weighted by Gasteiger charge is -2.03. The minimum absolute atomic E-state index is 0.380. The fourth-order valence-electron chi connectivity index (χ4n) is 1.99. The average molecular weight is 253 g/mol. The summed E-state index contributed by atoms with van der Waals surface area (Å²) < 4.78 is 7.53. The Hall–Kier alpha value is -2.36. The molecule has 0 fully saturated rings. The molecule has 96 valence electrons. The number of hydrogen-bond donors (Lipinski definition) is 0. The summed E-state index contributed by atoms with van der Waals surface area (Å²) >= 11 is 0. The van der Waals surface area contributed by atoms with Gasteiger partial charge in [0.2, 0.25) is 0 Å². The molecule has 0 radical (unpaired) electrons. The normalized spacial score (nSPS) is 10.8. The van der Waals surface area contributed by atoms with Gasteiger partial charge in [0.05, 0.1) is 0 Å². The minimum atomic E-state index is 0.380. The SMILES string of the molecule is Cc1cccc(OCc2nc3cccc(C)n3n2)c1. The van der Waals surface area contributed by atoms with Crippen LogP contribution in [-0.2, 0) is 6.61 Å². The maximum absolute atomic E-state index is 5.70. The van der Waals surface area contributed by atoms with Gasteiger partial charge in [-0.25, -0.2) is 9.50 Å². The lowest BCUT2D eigenvalue weighted by molar-refractivity contribution is 0.296. The predicted octanol–water partition coefficient (Wildman–Crippen LogP) is 2.93. The van der Waals surface area contributed by atoms with Gasteiger partial charge in [0.15, 0.2) is 11.5 Å². The number of rotatable bonds is 3. The molecule has 0 aliphatic carbocycles. The van der Waals surface area contributed by atoms with E-state index >= 15 is 0 Å². The van der Waals surface area contributed by atoms with E-state index in [4.69, 9.17) is 4.74 Å². The van der Waals surface area contributed by atoms with E-state index in [1.165, 1.54) is 5.56 Å². The zero-order valence-corrected chi connectivity index (χ0v) is 11.0.